The Labute approximate surface area is 133 Å². The number of hydrogen-bond acceptors (Lipinski definition) is 2. The Kier molecular flexibility index (Phi) is 7.90. The fourth-order valence-electron chi connectivity index (χ4n) is 2.91. The Morgan fingerprint density at radius 2 is 2.00 bits per heavy atom. The van der Waals surface area contributed by atoms with Gasteiger partial charge in [-0.05, 0) is 37.0 Å². The zero-order chi connectivity index (χ0) is 13.7. The van der Waals surface area contributed by atoms with Crippen molar-refractivity contribution in [3.63, 3.8) is 0 Å². The first-order valence-electron chi connectivity index (χ1n) is 7.39. The number of benzene rings is 1. The maximum atomic E-state index is 5.99. The lowest BCUT2D eigenvalue weighted by atomic mass is 10.0. The van der Waals surface area contributed by atoms with Gasteiger partial charge in [0, 0.05) is 24.2 Å². The number of halogens is 2. The van der Waals surface area contributed by atoms with Crippen molar-refractivity contribution in [2.45, 2.75) is 51.8 Å². The SMILES string of the molecule is CCCC1OCCCN1C(CC)c1ccc(Cl)cc1.Cl. The summed E-state index contributed by atoms with van der Waals surface area (Å²) in [6.45, 7) is 6.50. The number of hydrogen-bond donors (Lipinski definition) is 0. The fraction of sp³-hybridized carbons (Fsp3) is 0.625. The van der Waals surface area contributed by atoms with Crippen LogP contribution in [0.1, 0.15) is 51.1 Å². The Balaban J connectivity index is 0.00000200. The highest BCUT2D eigenvalue weighted by molar-refractivity contribution is 6.30. The molecule has 0 aromatic heterocycles. The van der Waals surface area contributed by atoms with E-state index < -0.39 is 0 Å². The van der Waals surface area contributed by atoms with Crippen LogP contribution in [0.25, 0.3) is 0 Å². The summed E-state index contributed by atoms with van der Waals surface area (Å²) < 4.78 is 5.96. The average Bonchev–Trinajstić information content (AvgIpc) is 2.44. The van der Waals surface area contributed by atoms with Gasteiger partial charge in [-0.15, -0.1) is 12.4 Å². The highest BCUT2D eigenvalue weighted by atomic mass is 35.5. The molecule has 1 aromatic rings. The third kappa shape index (κ3) is 4.36. The molecule has 114 valence electrons. The van der Waals surface area contributed by atoms with Gasteiger partial charge in [0.15, 0.2) is 0 Å². The van der Waals surface area contributed by atoms with Crippen molar-refractivity contribution < 1.29 is 4.74 Å². The minimum absolute atomic E-state index is 0. The molecule has 1 aliphatic heterocycles. The van der Waals surface area contributed by atoms with Crippen LogP contribution < -0.4 is 0 Å². The Morgan fingerprint density at radius 1 is 1.30 bits per heavy atom. The van der Waals surface area contributed by atoms with Gasteiger partial charge in [0.25, 0.3) is 0 Å². The molecule has 0 aliphatic carbocycles. The summed E-state index contributed by atoms with van der Waals surface area (Å²) >= 11 is 5.99. The minimum Gasteiger partial charge on any atom is -0.363 e. The monoisotopic (exact) mass is 317 g/mol. The Bertz CT molecular complexity index is 381. The third-order valence-corrected chi connectivity index (χ3v) is 4.07. The molecule has 0 amide bonds. The van der Waals surface area contributed by atoms with Gasteiger partial charge in [0.1, 0.15) is 6.23 Å². The molecule has 0 spiro atoms. The van der Waals surface area contributed by atoms with Crippen LogP contribution in [0.15, 0.2) is 24.3 Å². The van der Waals surface area contributed by atoms with Gasteiger partial charge in [0.2, 0.25) is 0 Å². The topological polar surface area (TPSA) is 12.5 Å². The minimum atomic E-state index is 0. The lowest BCUT2D eigenvalue weighted by Crippen LogP contribution is -2.44. The molecule has 0 N–H and O–H groups in total. The van der Waals surface area contributed by atoms with Crippen molar-refractivity contribution in [1.82, 2.24) is 4.90 Å². The van der Waals surface area contributed by atoms with E-state index in [1.165, 1.54) is 5.56 Å². The van der Waals surface area contributed by atoms with Crippen molar-refractivity contribution in [1.29, 1.82) is 0 Å². The quantitative estimate of drug-likeness (QED) is 0.752. The van der Waals surface area contributed by atoms with Crippen LogP contribution in [0.2, 0.25) is 5.02 Å². The number of rotatable bonds is 5. The molecule has 2 atom stereocenters. The van der Waals surface area contributed by atoms with E-state index in [9.17, 15) is 0 Å². The fourth-order valence-corrected chi connectivity index (χ4v) is 3.03. The summed E-state index contributed by atoms with van der Waals surface area (Å²) in [7, 11) is 0. The van der Waals surface area contributed by atoms with Crippen LogP contribution in [0.4, 0.5) is 0 Å². The van der Waals surface area contributed by atoms with E-state index in [0.717, 1.165) is 43.9 Å². The molecule has 0 radical (unpaired) electrons. The number of nitrogens with zero attached hydrogens (tertiary/aromatic N) is 1. The Hall–Kier alpha value is -0.280. The summed E-state index contributed by atoms with van der Waals surface area (Å²) in [6.07, 6.45) is 4.79. The van der Waals surface area contributed by atoms with Crippen molar-refractivity contribution >= 4 is 24.0 Å². The van der Waals surface area contributed by atoms with E-state index in [0.29, 0.717) is 6.04 Å². The molecule has 1 aliphatic rings. The molecule has 2 rings (SSSR count). The molecule has 1 aromatic carbocycles. The molecule has 2 nitrogen and oxygen atoms in total. The predicted molar refractivity (Wildman–Crippen MR) is 87.7 cm³/mol. The molecule has 1 heterocycles. The van der Waals surface area contributed by atoms with E-state index in [1.54, 1.807) is 0 Å². The lowest BCUT2D eigenvalue weighted by molar-refractivity contribution is -0.119. The van der Waals surface area contributed by atoms with E-state index in [4.69, 9.17) is 16.3 Å². The molecule has 2 unspecified atom stereocenters. The second-order valence-electron chi connectivity index (χ2n) is 5.18. The van der Waals surface area contributed by atoms with E-state index >= 15 is 0 Å². The average molecular weight is 318 g/mol. The lowest BCUT2D eigenvalue weighted by Gasteiger charge is -2.41. The highest BCUT2D eigenvalue weighted by Crippen LogP contribution is 2.31. The van der Waals surface area contributed by atoms with Crippen molar-refractivity contribution in [3.8, 4) is 0 Å². The van der Waals surface area contributed by atoms with E-state index in [2.05, 4.69) is 30.9 Å². The van der Waals surface area contributed by atoms with Crippen LogP contribution in [0.5, 0.6) is 0 Å². The summed E-state index contributed by atoms with van der Waals surface area (Å²) in [4.78, 5) is 2.52. The van der Waals surface area contributed by atoms with Gasteiger partial charge in [-0.1, -0.05) is 44.0 Å². The molecule has 20 heavy (non-hydrogen) atoms. The van der Waals surface area contributed by atoms with E-state index in [1.807, 2.05) is 12.1 Å². The van der Waals surface area contributed by atoms with Gasteiger partial charge in [-0.25, -0.2) is 0 Å². The maximum Gasteiger partial charge on any atom is 0.111 e. The van der Waals surface area contributed by atoms with Crippen LogP contribution in [-0.4, -0.2) is 24.3 Å². The molecule has 0 saturated carbocycles. The summed E-state index contributed by atoms with van der Waals surface area (Å²) in [6, 6.07) is 8.70. The molecule has 1 saturated heterocycles. The third-order valence-electron chi connectivity index (χ3n) is 3.82. The second kappa shape index (κ2) is 8.89. The highest BCUT2D eigenvalue weighted by Gasteiger charge is 2.28. The molecule has 4 heteroatoms. The van der Waals surface area contributed by atoms with Crippen LogP contribution in [0, 0.1) is 0 Å². The maximum absolute atomic E-state index is 5.99. The molecule has 1 fully saturated rings. The van der Waals surface area contributed by atoms with Crippen molar-refractivity contribution in [2.24, 2.45) is 0 Å². The van der Waals surface area contributed by atoms with Crippen LogP contribution in [0.3, 0.4) is 0 Å². The summed E-state index contributed by atoms with van der Waals surface area (Å²) in [5, 5.41) is 0.804. The van der Waals surface area contributed by atoms with Crippen LogP contribution >= 0.6 is 24.0 Å². The standard InChI is InChI=1S/C16H24ClNO.ClH/c1-3-6-16-18(11-5-12-19-16)15(4-2)13-7-9-14(17)10-8-13;/h7-10,15-16H,3-6,11-12H2,1-2H3;1H. The number of ether oxygens (including phenoxy) is 1. The molecular formula is C16H25Cl2NO. The first-order chi connectivity index (χ1) is 9.26. The zero-order valence-electron chi connectivity index (χ0n) is 12.3. The van der Waals surface area contributed by atoms with Gasteiger partial charge >= 0.3 is 0 Å². The van der Waals surface area contributed by atoms with E-state index in [-0.39, 0.29) is 18.6 Å². The van der Waals surface area contributed by atoms with Gasteiger partial charge in [-0.2, -0.15) is 0 Å². The first-order valence-corrected chi connectivity index (χ1v) is 7.76. The normalized spacial score (nSPS) is 21.2. The molecule has 0 bridgehead atoms. The zero-order valence-corrected chi connectivity index (χ0v) is 13.9. The van der Waals surface area contributed by atoms with Crippen LogP contribution in [-0.2, 0) is 4.74 Å². The largest absolute Gasteiger partial charge is 0.363 e. The van der Waals surface area contributed by atoms with Gasteiger partial charge in [0.05, 0.1) is 0 Å². The smallest absolute Gasteiger partial charge is 0.111 e. The Morgan fingerprint density at radius 3 is 2.60 bits per heavy atom. The van der Waals surface area contributed by atoms with Crippen molar-refractivity contribution in [2.75, 3.05) is 13.2 Å². The van der Waals surface area contributed by atoms with Crippen molar-refractivity contribution in [3.05, 3.63) is 34.9 Å². The summed E-state index contributed by atoms with van der Waals surface area (Å²) in [5.74, 6) is 0. The first kappa shape index (κ1) is 17.8. The molecular weight excluding hydrogens is 293 g/mol. The predicted octanol–water partition coefficient (Wildman–Crippen LogP) is 5.06. The summed E-state index contributed by atoms with van der Waals surface area (Å²) in [5.41, 5.74) is 1.35. The van der Waals surface area contributed by atoms with Gasteiger partial charge < -0.3 is 4.74 Å². The van der Waals surface area contributed by atoms with Gasteiger partial charge in [-0.3, -0.25) is 4.90 Å². The second-order valence-corrected chi connectivity index (χ2v) is 5.62.